The van der Waals surface area contributed by atoms with Gasteiger partial charge in [-0.15, -0.1) is 0 Å². The first-order valence-electron chi connectivity index (χ1n) is 7.56. The number of amides is 1. The van der Waals surface area contributed by atoms with Gasteiger partial charge in [-0.3, -0.25) is 9.48 Å². The van der Waals surface area contributed by atoms with Crippen LogP contribution in [0.3, 0.4) is 0 Å². The van der Waals surface area contributed by atoms with E-state index in [0.717, 1.165) is 24.1 Å². The Morgan fingerprint density at radius 1 is 1.41 bits per heavy atom. The predicted molar refractivity (Wildman–Crippen MR) is 83.2 cm³/mol. The molecular formula is C16H20N4O2. The quantitative estimate of drug-likeness (QED) is 0.940. The molecule has 22 heavy (non-hydrogen) atoms. The van der Waals surface area contributed by atoms with Crippen molar-refractivity contribution in [2.45, 2.75) is 25.9 Å². The van der Waals surface area contributed by atoms with Crippen molar-refractivity contribution in [2.24, 2.45) is 13.0 Å². The summed E-state index contributed by atoms with van der Waals surface area (Å²) in [6.07, 6.45) is 3.36. The van der Waals surface area contributed by atoms with Crippen LogP contribution in [0.15, 0.2) is 30.6 Å². The minimum atomic E-state index is -0.0536. The van der Waals surface area contributed by atoms with E-state index < -0.39 is 0 Å². The molecule has 0 unspecified atom stereocenters. The van der Waals surface area contributed by atoms with E-state index in [4.69, 9.17) is 4.74 Å². The van der Waals surface area contributed by atoms with Crippen molar-refractivity contribution in [1.29, 1.82) is 0 Å². The van der Waals surface area contributed by atoms with E-state index in [9.17, 15) is 4.79 Å². The largest absolute Gasteiger partial charge is 0.377 e. The molecule has 1 aromatic carbocycles. The third-order valence-corrected chi connectivity index (χ3v) is 3.96. The van der Waals surface area contributed by atoms with E-state index in [1.54, 1.807) is 11.0 Å². The fraction of sp³-hybridized carbons (Fsp3) is 0.438. The zero-order valence-electron chi connectivity index (χ0n) is 12.8. The average Bonchev–Trinajstić information content (AvgIpc) is 3.16. The summed E-state index contributed by atoms with van der Waals surface area (Å²) in [5.74, 6) is 0.658. The van der Waals surface area contributed by atoms with E-state index >= 15 is 0 Å². The lowest BCUT2D eigenvalue weighted by Gasteiger charge is -2.16. The van der Waals surface area contributed by atoms with E-state index in [1.807, 2.05) is 38.2 Å². The van der Waals surface area contributed by atoms with Crippen LogP contribution in [-0.4, -0.2) is 33.4 Å². The second-order valence-corrected chi connectivity index (χ2v) is 5.52. The average molecular weight is 300 g/mol. The van der Waals surface area contributed by atoms with E-state index in [0.29, 0.717) is 12.4 Å². The molecule has 3 rings (SSSR count). The molecule has 0 saturated carbocycles. The van der Waals surface area contributed by atoms with Gasteiger partial charge in [0.15, 0.2) is 5.82 Å². The summed E-state index contributed by atoms with van der Waals surface area (Å²) in [6.45, 7) is 2.71. The highest BCUT2D eigenvalue weighted by Gasteiger charge is 2.32. The highest BCUT2D eigenvalue weighted by Crippen LogP contribution is 2.25. The summed E-state index contributed by atoms with van der Waals surface area (Å²) in [5, 5.41) is 7.22. The third-order valence-electron chi connectivity index (χ3n) is 3.96. The molecule has 2 atom stereocenters. The zero-order chi connectivity index (χ0) is 15.5. The molecule has 1 aromatic heterocycles. The van der Waals surface area contributed by atoms with Gasteiger partial charge >= 0.3 is 0 Å². The molecule has 6 heteroatoms. The minimum absolute atomic E-state index is 0.0352. The Morgan fingerprint density at radius 3 is 2.82 bits per heavy atom. The fourth-order valence-corrected chi connectivity index (χ4v) is 2.76. The molecule has 116 valence electrons. The van der Waals surface area contributed by atoms with Crippen molar-refractivity contribution in [1.82, 2.24) is 14.8 Å². The Hall–Kier alpha value is -2.21. The number of carbonyl (C=O) groups excluding carboxylic acids is 1. The predicted octanol–water partition coefficient (Wildman–Crippen LogP) is 2.24. The minimum Gasteiger partial charge on any atom is -0.377 e. The molecule has 1 fully saturated rings. The second-order valence-electron chi connectivity index (χ2n) is 5.52. The van der Waals surface area contributed by atoms with Gasteiger partial charge in [-0.25, -0.2) is 4.98 Å². The zero-order valence-corrected chi connectivity index (χ0v) is 12.8. The molecule has 2 aromatic rings. The first-order valence-corrected chi connectivity index (χ1v) is 7.56. The number of aryl methyl sites for hydroxylation is 1. The number of hydrogen-bond acceptors (Lipinski definition) is 4. The van der Waals surface area contributed by atoms with Gasteiger partial charge in [0.1, 0.15) is 6.33 Å². The second kappa shape index (κ2) is 6.27. The fourth-order valence-electron chi connectivity index (χ4n) is 2.76. The van der Waals surface area contributed by atoms with Gasteiger partial charge in [-0.1, -0.05) is 6.92 Å². The highest BCUT2D eigenvalue weighted by molar-refractivity contribution is 5.93. The maximum Gasteiger partial charge on any atom is 0.230 e. The summed E-state index contributed by atoms with van der Waals surface area (Å²) >= 11 is 0. The van der Waals surface area contributed by atoms with Crippen molar-refractivity contribution in [3.63, 3.8) is 0 Å². The van der Waals surface area contributed by atoms with Gasteiger partial charge in [-0.2, -0.15) is 5.10 Å². The number of anilines is 1. The molecule has 0 radical (unpaired) electrons. The van der Waals surface area contributed by atoms with E-state index in [2.05, 4.69) is 15.4 Å². The Kier molecular flexibility index (Phi) is 4.20. The monoisotopic (exact) mass is 300 g/mol. The summed E-state index contributed by atoms with van der Waals surface area (Å²) in [7, 11) is 1.83. The normalized spacial score (nSPS) is 21.0. The molecule has 1 aliphatic rings. The first kappa shape index (κ1) is 14.7. The molecule has 0 aliphatic carbocycles. The summed E-state index contributed by atoms with van der Waals surface area (Å²) in [4.78, 5) is 16.5. The van der Waals surface area contributed by atoms with Crippen molar-refractivity contribution >= 4 is 11.6 Å². The lowest BCUT2D eigenvalue weighted by Crippen LogP contribution is -2.29. The number of benzene rings is 1. The number of aromatic nitrogens is 3. The van der Waals surface area contributed by atoms with E-state index in [1.165, 1.54) is 0 Å². The molecule has 1 amide bonds. The Labute approximate surface area is 129 Å². The molecule has 0 spiro atoms. The van der Waals surface area contributed by atoms with Gasteiger partial charge in [0.25, 0.3) is 0 Å². The van der Waals surface area contributed by atoms with Crippen molar-refractivity contribution < 1.29 is 9.53 Å². The lowest BCUT2D eigenvalue weighted by molar-refractivity contribution is -0.121. The maximum absolute atomic E-state index is 12.3. The summed E-state index contributed by atoms with van der Waals surface area (Å²) in [6, 6.07) is 7.57. The van der Waals surface area contributed by atoms with Crippen molar-refractivity contribution in [3.8, 4) is 11.4 Å². The first-order chi connectivity index (χ1) is 10.7. The topological polar surface area (TPSA) is 69.0 Å². The SMILES string of the molecule is CC[C@@H]1OCC[C@H]1C(=O)Nc1ccc(-c2ncn(C)n2)cc1. The molecule has 6 nitrogen and oxygen atoms in total. The standard InChI is InChI=1S/C16H20N4O2/c1-3-14-13(8-9-22-14)16(21)18-12-6-4-11(5-7-12)15-17-10-20(2)19-15/h4-7,10,13-14H,3,8-9H2,1-2H3,(H,18,21)/t13-,14+/m1/s1. The summed E-state index contributed by atoms with van der Waals surface area (Å²) < 4.78 is 7.24. The molecule has 1 saturated heterocycles. The van der Waals surface area contributed by atoms with Crippen LogP contribution in [0, 0.1) is 5.92 Å². The number of nitrogens with zero attached hydrogens (tertiary/aromatic N) is 3. The molecule has 1 aliphatic heterocycles. The van der Waals surface area contributed by atoms with Gasteiger partial charge in [0.05, 0.1) is 12.0 Å². The van der Waals surface area contributed by atoms with Crippen molar-refractivity contribution in [3.05, 3.63) is 30.6 Å². The van der Waals surface area contributed by atoms with Crippen LogP contribution in [0.4, 0.5) is 5.69 Å². The number of nitrogens with one attached hydrogen (secondary N) is 1. The lowest BCUT2D eigenvalue weighted by atomic mass is 9.98. The Balaban J connectivity index is 1.67. The molecular weight excluding hydrogens is 280 g/mol. The number of ether oxygens (including phenoxy) is 1. The molecule has 1 N–H and O–H groups in total. The van der Waals surface area contributed by atoms with Gasteiger partial charge in [0, 0.05) is 24.9 Å². The molecule has 2 heterocycles. The van der Waals surface area contributed by atoms with Crippen LogP contribution in [-0.2, 0) is 16.6 Å². The Morgan fingerprint density at radius 2 is 2.18 bits per heavy atom. The van der Waals surface area contributed by atoms with Gasteiger partial charge in [0.2, 0.25) is 5.91 Å². The van der Waals surface area contributed by atoms with Crippen LogP contribution in [0.25, 0.3) is 11.4 Å². The van der Waals surface area contributed by atoms with Crippen LogP contribution in [0.2, 0.25) is 0 Å². The van der Waals surface area contributed by atoms with Gasteiger partial charge in [-0.05, 0) is 37.1 Å². The number of hydrogen-bond donors (Lipinski definition) is 1. The van der Waals surface area contributed by atoms with Crippen LogP contribution in [0.1, 0.15) is 19.8 Å². The van der Waals surface area contributed by atoms with Crippen molar-refractivity contribution in [2.75, 3.05) is 11.9 Å². The number of rotatable bonds is 4. The third kappa shape index (κ3) is 3.01. The van der Waals surface area contributed by atoms with Crippen LogP contribution in [0.5, 0.6) is 0 Å². The van der Waals surface area contributed by atoms with Crippen LogP contribution >= 0.6 is 0 Å². The summed E-state index contributed by atoms with van der Waals surface area (Å²) in [5.41, 5.74) is 1.71. The van der Waals surface area contributed by atoms with Gasteiger partial charge < -0.3 is 10.1 Å². The Bertz CT molecular complexity index is 650. The molecule has 0 bridgehead atoms. The van der Waals surface area contributed by atoms with E-state index in [-0.39, 0.29) is 17.9 Å². The maximum atomic E-state index is 12.3. The van der Waals surface area contributed by atoms with Crippen LogP contribution < -0.4 is 5.32 Å². The smallest absolute Gasteiger partial charge is 0.230 e. The number of carbonyl (C=O) groups is 1. The highest BCUT2D eigenvalue weighted by atomic mass is 16.5.